The van der Waals surface area contributed by atoms with Crippen molar-refractivity contribution in [3.8, 4) is 0 Å². The van der Waals surface area contributed by atoms with Crippen molar-refractivity contribution >= 4 is 38.2 Å². The van der Waals surface area contributed by atoms with Crippen molar-refractivity contribution in [3.05, 3.63) is 0 Å². The van der Waals surface area contributed by atoms with Crippen LogP contribution >= 0.6 is 7.82 Å². The standard InChI is InChI=1S/C3H6O2.C2H2O4.C2H4O2.CH2O2.H3O4P/c1-2-3(4)5;3-1(4)2(5)6;1-2(3)4;2-1-3;1-5(2,3)4/h2H2,1H3,(H,4,5);(H,3,4)(H,5,6);1H3,(H,3,4);1H,(H,2,3);(H3,1,2,3,4). The highest BCUT2D eigenvalue weighted by Gasteiger charge is 2.04. The third-order valence-corrected chi connectivity index (χ3v) is 0.485. The van der Waals surface area contributed by atoms with Gasteiger partial charge in [-0.15, -0.1) is 0 Å². The van der Waals surface area contributed by atoms with E-state index >= 15 is 0 Å². The molecule has 0 aliphatic heterocycles. The summed E-state index contributed by atoms with van der Waals surface area (Å²) in [7, 11) is -4.64. The molecule has 0 radical (unpaired) electrons. The van der Waals surface area contributed by atoms with Crippen LogP contribution in [0.25, 0.3) is 0 Å². The number of carboxylic acid groups (broad SMARTS) is 5. The fourth-order valence-electron chi connectivity index (χ4n) is 0. The molecule has 138 valence electrons. The summed E-state index contributed by atoms with van der Waals surface area (Å²) in [5, 5.41) is 36.8. The van der Waals surface area contributed by atoms with Gasteiger partial charge in [-0.05, 0) is 0 Å². The first-order chi connectivity index (χ1) is 10.1. The molecule has 0 spiro atoms. The molecule has 0 aliphatic rings. The van der Waals surface area contributed by atoms with E-state index < -0.39 is 31.7 Å². The molecule has 0 heterocycles. The molecule has 0 aliphatic carbocycles. The van der Waals surface area contributed by atoms with Crippen molar-refractivity contribution in [1.29, 1.82) is 0 Å². The van der Waals surface area contributed by atoms with Crippen LogP contribution in [0.2, 0.25) is 0 Å². The van der Waals surface area contributed by atoms with Gasteiger partial charge in [-0.1, -0.05) is 6.92 Å². The Morgan fingerprint density at radius 2 is 1.00 bits per heavy atom. The normalized spacial score (nSPS) is 7.70. The first kappa shape index (κ1) is 32.4. The predicted molar refractivity (Wildman–Crippen MR) is 69.5 cm³/mol. The van der Waals surface area contributed by atoms with Gasteiger partial charge >= 0.3 is 25.7 Å². The van der Waals surface area contributed by atoms with Crippen LogP contribution in [0, 0.1) is 0 Å². The monoisotopic (exact) mass is 368 g/mol. The average Bonchev–Trinajstić information content (AvgIpc) is 2.27. The van der Waals surface area contributed by atoms with Gasteiger partial charge in [0.05, 0.1) is 0 Å². The molecule has 0 atom stereocenters. The van der Waals surface area contributed by atoms with E-state index in [1.54, 1.807) is 6.92 Å². The summed E-state index contributed by atoms with van der Waals surface area (Å²) in [6.45, 7) is 2.43. The summed E-state index contributed by atoms with van der Waals surface area (Å²) < 4.78 is 8.88. The van der Waals surface area contributed by atoms with E-state index in [-0.39, 0.29) is 12.9 Å². The molecule has 0 saturated heterocycles. The van der Waals surface area contributed by atoms with E-state index in [0.29, 0.717) is 0 Å². The van der Waals surface area contributed by atoms with E-state index in [1.165, 1.54) is 0 Å². The van der Waals surface area contributed by atoms with Crippen molar-refractivity contribution in [1.82, 2.24) is 0 Å². The third kappa shape index (κ3) is 496. The Kier molecular flexibility index (Phi) is 30.7. The van der Waals surface area contributed by atoms with Gasteiger partial charge in [-0.25, -0.2) is 14.2 Å². The zero-order chi connectivity index (χ0) is 20.2. The minimum Gasteiger partial charge on any atom is -0.483 e. The van der Waals surface area contributed by atoms with E-state index in [4.69, 9.17) is 64.0 Å². The molecule has 0 amide bonds. The van der Waals surface area contributed by atoms with Gasteiger partial charge in [0.2, 0.25) is 0 Å². The van der Waals surface area contributed by atoms with Gasteiger partial charge in [0.15, 0.2) is 0 Å². The summed E-state index contributed by atoms with van der Waals surface area (Å²) in [6.07, 6.45) is 0.222. The Morgan fingerprint density at radius 3 is 1.00 bits per heavy atom. The number of phosphoric acid groups is 1. The van der Waals surface area contributed by atoms with Gasteiger partial charge in [0, 0.05) is 13.3 Å². The van der Waals surface area contributed by atoms with Crippen molar-refractivity contribution in [2.45, 2.75) is 20.3 Å². The summed E-state index contributed by atoms with van der Waals surface area (Å²) in [4.78, 5) is 66.5. The molecule has 8 N–H and O–H groups in total. The Hall–Kier alpha value is -2.54. The molecule has 0 aromatic carbocycles. The van der Waals surface area contributed by atoms with Gasteiger partial charge in [0.1, 0.15) is 0 Å². The molecule has 0 aromatic heterocycles. The van der Waals surface area contributed by atoms with Gasteiger partial charge < -0.3 is 40.2 Å². The summed E-state index contributed by atoms with van der Waals surface area (Å²) in [6, 6.07) is 0. The molecule has 0 unspecified atom stereocenters. The Morgan fingerprint density at radius 1 is 0.913 bits per heavy atom. The number of carbonyl (C=O) groups is 5. The maximum Gasteiger partial charge on any atom is 0.466 e. The Balaban J connectivity index is -0.0000000598. The predicted octanol–water partition coefficient (Wildman–Crippen LogP) is -1.50. The van der Waals surface area contributed by atoms with Crippen molar-refractivity contribution in [2.24, 2.45) is 0 Å². The van der Waals surface area contributed by atoms with Crippen LogP contribution < -0.4 is 0 Å². The van der Waals surface area contributed by atoms with Gasteiger partial charge in [-0.3, -0.25) is 14.4 Å². The first-order valence-electron chi connectivity index (χ1n) is 4.80. The lowest BCUT2D eigenvalue weighted by molar-refractivity contribution is -0.159. The molecule has 0 saturated carbocycles. The van der Waals surface area contributed by atoms with Crippen molar-refractivity contribution in [2.75, 3.05) is 0 Å². The van der Waals surface area contributed by atoms with Crippen LogP contribution in [0.4, 0.5) is 0 Å². The highest BCUT2D eigenvalue weighted by molar-refractivity contribution is 7.45. The second-order valence-corrected chi connectivity index (χ2v) is 3.52. The number of hydrogen-bond acceptors (Lipinski definition) is 6. The highest BCUT2D eigenvalue weighted by atomic mass is 31.2. The van der Waals surface area contributed by atoms with Crippen molar-refractivity contribution in [3.63, 3.8) is 0 Å². The van der Waals surface area contributed by atoms with E-state index in [9.17, 15) is 4.79 Å². The largest absolute Gasteiger partial charge is 0.483 e. The molecule has 15 heteroatoms. The van der Waals surface area contributed by atoms with Crippen LogP contribution in [0.1, 0.15) is 20.3 Å². The van der Waals surface area contributed by atoms with Gasteiger partial charge in [0.25, 0.3) is 12.4 Å². The summed E-state index contributed by atoms with van der Waals surface area (Å²) in [5.74, 6) is -5.23. The number of aliphatic carboxylic acids is 4. The highest BCUT2D eigenvalue weighted by Crippen LogP contribution is 2.25. The smallest absolute Gasteiger partial charge is 0.466 e. The molecular weight excluding hydrogens is 351 g/mol. The maximum atomic E-state index is 9.37. The van der Waals surface area contributed by atoms with Crippen LogP contribution in [-0.2, 0) is 28.5 Å². The quantitative estimate of drug-likeness (QED) is 0.149. The molecule has 0 bridgehead atoms. The molecular formula is C8H17O14P. The molecule has 14 nitrogen and oxygen atoms in total. The van der Waals surface area contributed by atoms with Gasteiger partial charge in [-0.2, -0.15) is 0 Å². The zero-order valence-electron chi connectivity index (χ0n) is 11.8. The number of hydrogen-bond donors (Lipinski definition) is 8. The maximum absolute atomic E-state index is 9.37. The second-order valence-electron chi connectivity index (χ2n) is 2.50. The Bertz CT molecular complexity index is 371. The Labute approximate surface area is 128 Å². The van der Waals surface area contributed by atoms with Crippen LogP contribution in [-0.4, -0.2) is 70.6 Å². The number of carboxylic acids is 4. The molecule has 0 fully saturated rings. The third-order valence-electron chi connectivity index (χ3n) is 0.485. The van der Waals surface area contributed by atoms with E-state index in [2.05, 4.69) is 0 Å². The fourth-order valence-corrected chi connectivity index (χ4v) is 0. The molecule has 23 heavy (non-hydrogen) atoms. The lowest BCUT2D eigenvalue weighted by Crippen LogP contribution is -2.09. The van der Waals surface area contributed by atoms with Crippen LogP contribution in [0.15, 0.2) is 0 Å². The van der Waals surface area contributed by atoms with Crippen LogP contribution in [0.5, 0.6) is 0 Å². The lowest BCUT2D eigenvalue weighted by atomic mass is 10.5. The topological polar surface area (TPSA) is 264 Å². The minimum absolute atomic E-state index is 0.222. The van der Waals surface area contributed by atoms with E-state index in [1.807, 2.05) is 0 Å². The lowest BCUT2D eigenvalue weighted by Gasteiger charge is -1.82. The first-order valence-corrected chi connectivity index (χ1v) is 6.36. The SMILES string of the molecule is CC(=O)O.CCC(=O)O.O=C(O)C(=O)O.O=CO.O=P(O)(O)O. The minimum atomic E-state index is -4.64. The van der Waals surface area contributed by atoms with E-state index in [0.717, 1.165) is 6.92 Å². The second kappa shape index (κ2) is 21.8. The average molecular weight is 368 g/mol. The molecule has 0 rings (SSSR count). The zero-order valence-corrected chi connectivity index (χ0v) is 12.7. The van der Waals surface area contributed by atoms with Crippen molar-refractivity contribution < 1.29 is 68.8 Å². The molecule has 0 aromatic rings. The number of rotatable bonds is 1. The summed E-state index contributed by atoms with van der Waals surface area (Å²) in [5.41, 5.74) is 0. The van der Waals surface area contributed by atoms with Crippen LogP contribution in [0.3, 0.4) is 0 Å². The fraction of sp³-hybridized carbons (Fsp3) is 0.375. The summed E-state index contributed by atoms with van der Waals surface area (Å²) >= 11 is 0.